The number of nitrogens with zero attached hydrogens (tertiary/aromatic N) is 2. The van der Waals surface area contributed by atoms with Crippen LogP contribution >= 0.6 is 0 Å². The van der Waals surface area contributed by atoms with Crippen molar-refractivity contribution in [2.75, 3.05) is 51.4 Å². The summed E-state index contributed by atoms with van der Waals surface area (Å²) in [6.45, 7) is 11.2. The highest BCUT2D eigenvalue weighted by molar-refractivity contribution is 5.71. The molecule has 1 atom stereocenters. The molecule has 2 heterocycles. The smallest absolute Gasteiger partial charge is 0.410 e. The van der Waals surface area contributed by atoms with Gasteiger partial charge < -0.3 is 29.1 Å². The number of amides is 1. The summed E-state index contributed by atoms with van der Waals surface area (Å²) in [7, 11) is 1.60. The van der Waals surface area contributed by atoms with E-state index in [1.807, 2.05) is 20.8 Å². The van der Waals surface area contributed by atoms with Crippen LogP contribution in [-0.2, 0) is 22.3 Å². The molecule has 0 aromatic heterocycles. The summed E-state index contributed by atoms with van der Waals surface area (Å²) in [5, 5.41) is 10.2. The zero-order chi connectivity index (χ0) is 21.2. The van der Waals surface area contributed by atoms with Crippen molar-refractivity contribution >= 4 is 11.8 Å². The fourth-order valence-electron chi connectivity index (χ4n) is 4.14. The number of β-amino-alcohol motifs (C(OH)–C–C–N with tert-alkyl or cyclic N) is 1. The second-order valence-electron chi connectivity index (χ2n) is 8.86. The highest BCUT2D eigenvalue weighted by atomic mass is 16.6. The first-order chi connectivity index (χ1) is 13.7. The number of fused-ring (bicyclic) bond motifs is 2. The molecule has 1 aromatic carbocycles. The van der Waals surface area contributed by atoms with E-state index in [0.717, 1.165) is 30.8 Å². The number of aliphatic hydroxyl groups excluding tert-OH is 1. The summed E-state index contributed by atoms with van der Waals surface area (Å²) < 4.78 is 16.6. The molecule has 0 spiro atoms. The molecular weight excluding hydrogens is 372 g/mol. The Bertz CT molecular complexity index is 744. The lowest BCUT2D eigenvalue weighted by Gasteiger charge is -2.35. The molecule has 0 radical (unpaired) electrons. The third kappa shape index (κ3) is 5.14. The number of hydrogen-bond acceptors (Lipinski definition) is 6. The number of aliphatic hydroxyl groups is 1. The predicted octanol–water partition coefficient (Wildman–Crippen LogP) is 2.54. The van der Waals surface area contributed by atoms with E-state index in [2.05, 4.69) is 17.9 Å². The molecule has 7 heteroatoms. The number of anilines is 1. The summed E-state index contributed by atoms with van der Waals surface area (Å²) in [6.07, 6.45) is 0.751. The van der Waals surface area contributed by atoms with Crippen LogP contribution in [0.15, 0.2) is 6.07 Å². The maximum absolute atomic E-state index is 12.5. The number of methoxy groups -OCH3 is 1. The molecule has 1 aromatic rings. The van der Waals surface area contributed by atoms with Gasteiger partial charge in [0.2, 0.25) is 0 Å². The Hall–Kier alpha value is -1.99. The van der Waals surface area contributed by atoms with Gasteiger partial charge in [-0.2, -0.15) is 0 Å². The third-order valence-electron chi connectivity index (χ3n) is 5.39. The maximum atomic E-state index is 12.5. The highest BCUT2D eigenvalue weighted by Crippen LogP contribution is 2.40. The largest absolute Gasteiger partial charge is 0.490 e. The van der Waals surface area contributed by atoms with Gasteiger partial charge >= 0.3 is 6.09 Å². The van der Waals surface area contributed by atoms with E-state index in [0.29, 0.717) is 32.8 Å². The van der Waals surface area contributed by atoms with Gasteiger partial charge in [-0.25, -0.2) is 4.79 Å². The van der Waals surface area contributed by atoms with E-state index in [9.17, 15) is 9.90 Å². The molecule has 162 valence electrons. The SMILES string of the molecule is COC[C@H](O)CN1CCOc2cc3c(c(C)c21)CCN(C(=O)OC(C)(C)C)CC3. The molecule has 0 bridgehead atoms. The normalized spacial score (nSPS) is 17.7. The maximum Gasteiger partial charge on any atom is 0.410 e. The molecule has 2 aliphatic heterocycles. The third-order valence-corrected chi connectivity index (χ3v) is 5.39. The number of carbonyl (C=O) groups is 1. The Morgan fingerprint density at radius 2 is 2.00 bits per heavy atom. The first-order valence-corrected chi connectivity index (χ1v) is 10.4. The van der Waals surface area contributed by atoms with Crippen LogP contribution in [0.4, 0.5) is 10.5 Å². The summed E-state index contributed by atoms with van der Waals surface area (Å²) in [5.74, 6) is 0.864. The first kappa shape index (κ1) is 21.7. The molecule has 7 nitrogen and oxygen atoms in total. The summed E-state index contributed by atoms with van der Waals surface area (Å²) in [4.78, 5) is 16.5. The van der Waals surface area contributed by atoms with E-state index < -0.39 is 11.7 Å². The summed E-state index contributed by atoms with van der Waals surface area (Å²) in [5.41, 5.74) is 4.23. The van der Waals surface area contributed by atoms with Crippen molar-refractivity contribution in [2.24, 2.45) is 0 Å². The standard InChI is InChI=1S/C22H34N2O5/c1-15-18-7-9-23(21(26)29-22(2,3)4)8-6-16(18)12-19-20(15)24(10-11-28-19)13-17(25)14-27-5/h12,17,25H,6-11,13-14H2,1-5H3/t17-/m1/s1. The lowest BCUT2D eigenvalue weighted by molar-refractivity contribution is 0.0258. The number of benzene rings is 1. The average Bonchev–Trinajstić information content (AvgIpc) is 2.83. The van der Waals surface area contributed by atoms with Crippen molar-refractivity contribution in [1.82, 2.24) is 4.90 Å². The first-order valence-electron chi connectivity index (χ1n) is 10.4. The molecular formula is C22H34N2O5. The van der Waals surface area contributed by atoms with Crippen molar-refractivity contribution in [3.05, 3.63) is 22.8 Å². The van der Waals surface area contributed by atoms with Crippen LogP contribution in [0.5, 0.6) is 5.75 Å². The van der Waals surface area contributed by atoms with Crippen molar-refractivity contribution in [3.8, 4) is 5.75 Å². The van der Waals surface area contributed by atoms with Gasteiger partial charge in [-0.15, -0.1) is 0 Å². The van der Waals surface area contributed by atoms with Crippen LogP contribution in [0.3, 0.4) is 0 Å². The Morgan fingerprint density at radius 1 is 1.28 bits per heavy atom. The molecule has 0 fully saturated rings. The van der Waals surface area contributed by atoms with E-state index in [1.54, 1.807) is 12.0 Å². The topological polar surface area (TPSA) is 71.5 Å². The van der Waals surface area contributed by atoms with Gasteiger partial charge in [-0.1, -0.05) is 0 Å². The fraction of sp³-hybridized carbons (Fsp3) is 0.682. The second-order valence-corrected chi connectivity index (χ2v) is 8.86. The molecule has 0 aliphatic carbocycles. The second kappa shape index (κ2) is 8.79. The molecule has 3 rings (SSSR count). The quantitative estimate of drug-likeness (QED) is 0.829. The van der Waals surface area contributed by atoms with Gasteiger partial charge in [0.25, 0.3) is 0 Å². The highest BCUT2D eigenvalue weighted by Gasteiger charge is 2.29. The molecule has 0 saturated heterocycles. The lowest BCUT2D eigenvalue weighted by Crippen LogP contribution is -2.40. The van der Waals surface area contributed by atoms with Crippen LogP contribution in [0, 0.1) is 6.92 Å². The Labute approximate surface area is 173 Å². The van der Waals surface area contributed by atoms with Gasteiger partial charge in [0, 0.05) is 26.7 Å². The Kier molecular flexibility index (Phi) is 6.58. The van der Waals surface area contributed by atoms with Crippen LogP contribution < -0.4 is 9.64 Å². The van der Waals surface area contributed by atoms with E-state index in [1.165, 1.54) is 16.7 Å². The van der Waals surface area contributed by atoms with Crippen LogP contribution in [0.2, 0.25) is 0 Å². The summed E-state index contributed by atoms with van der Waals surface area (Å²) in [6, 6.07) is 2.12. The molecule has 29 heavy (non-hydrogen) atoms. The summed E-state index contributed by atoms with van der Waals surface area (Å²) >= 11 is 0. The van der Waals surface area contributed by atoms with Crippen LogP contribution in [0.1, 0.15) is 37.5 Å². The van der Waals surface area contributed by atoms with Gasteiger partial charge in [-0.3, -0.25) is 0 Å². The zero-order valence-electron chi connectivity index (χ0n) is 18.3. The van der Waals surface area contributed by atoms with Crippen LogP contribution in [-0.4, -0.2) is 74.3 Å². The molecule has 0 unspecified atom stereocenters. The minimum Gasteiger partial charge on any atom is -0.490 e. The van der Waals surface area contributed by atoms with Crippen molar-refractivity contribution < 1.29 is 24.1 Å². The number of carbonyl (C=O) groups excluding carboxylic acids is 1. The molecule has 1 amide bonds. The monoisotopic (exact) mass is 406 g/mol. The van der Waals surface area contributed by atoms with Crippen molar-refractivity contribution in [2.45, 2.75) is 52.2 Å². The average molecular weight is 407 g/mol. The molecule has 0 saturated carbocycles. The van der Waals surface area contributed by atoms with Crippen molar-refractivity contribution in [3.63, 3.8) is 0 Å². The number of hydrogen-bond donors (Lipinski definition) is 1. The number of rotatable bonds is 4. The van der Waals surface area contributed by atoms with Gasteiger partial charge in [0.05, 0.1) is 24.9 Å². The molecule has 2 aliphatic rings. The molecule has 1 N–H and O–H groups in total. The van der Waals surface area contributed by atoms with Gasteiger partial charge in [0.1, 0.15) is 18.0 Å². The van der Waals surface area contributed by atoms with Crippen molar-refractivity contribution in [1.29, 1.82) is 0 Å². The van der Waals surface area contributed by atoms with E-state index in [-0.39, 0.29) is 6.09 Å². The zero-order valence-corrected chi connectivity index (χ0v) is 18.3. The van der Waals surface area contributed by atoms with E-state index in [4.69, 9.17) is 14.2 Å². The van der Waals surface area contributed by atoms with Gasteiger partial charge in [0.15, 0.2) is 0 Å². The fourth-order valence-corrected chi connectivity index (χ4v) is 4.14. The van der Waals surface area contributed by atoms with Crippen LogP contribution in [0.25, 0.3) is 0 Å². The Morgan fingerprint density at radius 3 is 2.69 bits per heavy atom. The predicted molar refractivity (Wildman–Crippen MR) is 112 cm³/mol. The Balaban J connectivity index is 1.82. The minimum atomic E-state index is -0.549. The minimum absolute atomic E-state index is 0.256. The number of ether oxygens (including phenoxy) is 3. The van der Waals surface area contributed by atoms with Gasteiger partial charge in [-0.05, 0) is 63.3 Å². The van der Waals surface area contributed by atoms with E-state index >= 15 is 0 Å². The lowest BCUT2D eigenvalue weighted by atomic mass is 9.94.